The average molecular weight is 528 g/mol. The van der Waals surface area contributed by atoms with Crippen LogP contribution in [0.15, 0.2) is 65.3 Å². The van der Waals surface area contributed by atoms with Crippen LogP contribution in [-0.4, -0.2) is 38.6 Å². The first kappa shape index (κ1) is 23.3. The number of carbonyl (C=O) groups excluding carboxylic acids is 1. The van der Waals surface area contributed by atoms with E-state index in [0.29, 0.717) is 41.4 Å². The van der Waals surface area contributed by atoms with Gasteiger partial charge < -0.3 is 10.6 Å². The highest BCUT2D eigenvalue weighted by Crippen LogP contribution is 2.27. The summed E-state index contributed by atoms with van der Waals surface area (Å²) in [5.74, 6) is 2.22. The minimum absolute atomic E-state index is 0.0713. The lowest BCUT2D eigenvalue weighted by molar-refractivity contribution is 0.0956. The number of rotatable bonds is 9. The van der Waals surface area contributed by atoms with Crippen molar-refractivity contribution in [2.75, 3.05) is 23.4 Å². The third kappa shape index (κ3) is 5.54. The maximum Gasteiger partial charge on any atom is 0.251 e. The standard InChI is InChI=1S/C24H23BrFN5OS/c1-2-33-12-11-27-24(32)17-9-7-16(8-10-17)14-28-22-13-21(18-5-3-4-6-20(18)26)30-23-19(25)15-29-31(22)23/h3-10,13,15,28H,2,11-12,14H2,1H3,(H,27,32). The van der Waals surface area contributed by atoms with Crippen LogP contribution >= 0.6 is 27.7 Å². The Balaban J connectivity index is 1.50. The molecule has 0 aliphatic carbocycles. The van der Waals surface area contributed by atoms with Gasteiger partial charge in [-0.15, -0.1) is 0 Å². The monoisotopic (exact) mass is 527 g/mol. The molecule has 4 rings (SSSR count). The van der Waals surface area contributed by atoms with Crippen LogP contribution in [0.5, 0.6) is 0 Å². The van der Waals surface area contributed by atoms with Gasteiger partial charge in [0.15, 0.2) is 5.65 Å². The molecule has 0 radical (unpaired) electrons. The summed E-state index contributed by atoms with van der Waals surface area (Å²) in [5, 5.41) is 10.7. The first-order chi connectivity index (χ1) is 16.1. The molecule has 9 heteroatoms. The van der Waals surface area contributed by atoms with E-state index in [1.807, 2.05) is 24.3 Å². The molecule has 4 aromatic rings. The van der Waals surface area contributed by atoms with Gasteiger partial charge in [0.25, 0.3) is 5.91 Å². The summed E-state index contributed by atoms with van der Waals surface area (Å²) in [6.45, 7) is 3.26. The van der Waals surface area contributed by atoms with E-state index in [-0.39, 0.29) is 11.7 Å². The number of halogens is 2. The van der Waals surface area contributed by atoms with Crippen molar-refractivity contribution in [3.63, 3.8) is 0 Å². The van der Waals surface area contributed by atoms with Crippen LogP contribution in [0.25, 0.3) is 16.9 Å². The van der Waals surface area contributed by atoms with Gasteiger partial charge in [-0.2, -0.15) is 21.4 Å². The van der Waals surface area contributed by atoms with Gasteiger partial charge >= 0.3 is 0 Å². The van der Waals surface area contributed by atoms with E-state index in [0.717, 1.165) is 21.5 Å². The van der Waals surface area contributed by atoms with E-state index >= 15 is 0 Å². The topological polar surface area (TPSA) is 71.3 Å². The van der Waals surface area contributed by atoms with Gasteiger partial charge in [-0.05, 0) is 51.5 Å². The van der Waals surface area contributed by atoms with Gasteiger partial charge in [0, 0.05) is 36.0 Å². The van der Waals surface area contributed by atoms with Crippen molar-refractivity contribution in [2.24, 2.45) is 0 Å². The summed E-state index contributed by atoms with van der Waals surface area (Å²) in [6, 6.07) is 15.8. The molecule has 6 nitrogen and oxygen atoms in total. The molecule has 170 valence electrons. The largest absolute Gasteiger partial charge is 0.366 e. The molecule has 2 aromatic heterocycles. The second-order valence-corrected chi connectivity index (χ2v) is 9.49. The van der Waals surface area contributed by atoms with Crippen LogP contribution in [0.4, 0.5) is 10.2 Å². The normalized spacial score (nSPS) is 11.0. The molecule has 0 saturated carbocycles. The maximum atomic E-state index is 14.4. The molecule has 33 heavy (non-hydrogen) atoms. The van der Waals surface area contributed by atoms with Crippen LogP contribution in [0, 0.1) is 5.82 Å². The Hall–Kier alpha value is -2.91. The third-order valence-electron chi connectivity index (χ3n) is 5.00. The molecule has 0 bridgehead atoms. The van der Waals surface area contributed by atoms with Crippen LogP contribution in [0.3, 0.4) is 0 Å². The zero-order valence-electron chi connectivity index (χ0n) is 18.0. The van der Waals surface area contributed by atoms with Gasteiger partial charge in [0.2, 0.25) is 0 Å². The lowest BCUT2D eigenvalue weighted by atomic mass is 10.1. The molecule has 0 saturated heterocycles. The number of amides is 1. The molecule has 0 unspecified atom stereocenters. The molecule has 0 fully saturated rings. The summed E-state index contributed by atoms with van der Waals surface area (Å²) >= 11 is 5.26. The first-order valence-electron chi connectivity index (χ1n) is 10.5. The highest BCUT2D eigenvalue weighted by Gasteiger charge is 2.14. The highest BCUT2D eigenvalue weighted by molar-refractivity contribution is 9.10. The summed E-state index contributed by atoms with van der Waals surface area (Å²) in [7, 11) is 0. The van der Waals surface area contributed by atoms with E-state index in [2.05, 4.69) is 43.6 Å². The lowest BCUT2D eigenvalue weighted by Crippen LogP contribution is -2.25. The van der Waals surface area contributed by atoms with Gasteiger partial charge in [-0.25, -0.2) is 9.37 Å². The van der Waals surface area contributed by atoms with Crippen molar-refractivity contribution in [3.8, 4) is 11.3 Å². The van der Waals surface area contributed by atoms with Gasteiger partial charge in [0.1, 0.15) is 11.6 Å². The van der Waals surface area contributed by atoms with E-state index < -0.39 is 0 Å². The second kappa shape index (κ2) is 10.8. The molecule has 0 aliphatic rings. The molecule has 2 N–H and O–H groups in total. The number of benzene rings is 2. The number of fused-ring (bicyclic) bond motifs is 1. The van der Waals surface area contributed by atoms with Crippen molar-refractivity contribution in [3.05, 3.63) is 82.2 Å². The number of hydrogen-bond acceptors (Lipinski definition) is 5. The predicted molar refractivity (Wildman–Crippen MR) is 135 cm³/mol. The Kier molecular flexibility index (Phi) is 7.61. The zero-order valence-corrected chi connectivity index (χ0v) is 20.4. The predicted octanol–water partition coefficient (Wildman–Crippen LogP) is 5.39. The molecule has 2 aromatic carbocycles. The Morgan fingerprint density at radius 1 is 1.18 bits per heavy atom. The van der Waals surface area contributed by atoms with Crippen LogP contribution in [0.1, 0.15) is 22.8 Å². The van der Waals surface area contributed by atoms with Crippen molar-refractivity contribution in [1.82, 2.24) is 19.9 Å². The molecule has 0 spiro atoms. The molecule has 0 aliphatic heterocycles. The minimum atomic E-state index is -0.335. The second-order valence-electron chi connectivity index (χ2n) is 7.24. The Morgan fingerprint density at radius 2 is 1.97 bits per heavy atom. The van der Waals surface area contributed by atoms with E-state index in [1.54, 1.807) is 46.7 Å². The van der Waals surface area contributed by atoms with E-state index in [4.69, 9.17) is 0 Å². The zero-order chi connectivity index (χ0) is 23.2. The molecular formula is C24H23BrFN5OS. The van der Waals surface area contributed by atoms with E-state index in [9.17, 15) is 9.18 Å². The van der Waals surface area contributed by atoms with Crippen LogP contribution in [-0.2, 0) is 6.54 Å². The smallest absolute Gasteiger partial charge is 0.251 e. The van der Waals surface area contributed by atoms with Gasteiger partial charge in [0.05, 0.1) is 16.4 Å². The third-order valence-corrected chi connectivity index (χ3v) is 6.46. The quantitative estimate of drug-likeness (QED) is 0.285. The minimum Gasteiger partial charge on any atom is -0.366 e. The SMILES string of the molecule is CCSCCNC(=O)c1ccc(CNc2cc(-c3ccccc3F)nc3c(Br)cnn23)cc1. The molecule has 2 heterocycles. The van der Waals surface area contributed by atoms with Crippen molar-refractivity contribution in [1.29, 1.82) is 0 Å². The van der Waals surface area contributed by atoms with Crippen molar-refractivity contribution < 1.29 is 9.18 Å². The highest BCUT2D eigenvalue weighted by atomic mass is 79.9. The fourth-order valence-corrected chi connectivity index (χ4v) is 4.20. The summed E-state index contributed by atoms with van der Waals surface area (Å²) in [5.41, 5.74) is 3.15. The molecule has 1 amide bonds. The van der Waals surface area contributed by atoms with Crippen molar-refractivity contribution >= 4 is 45.1 Å². The summed E-state index contributed by atoms with van der Waals surface area (Å²) < 4.78 is 16.8. The molecular weight excluding hydrogens is 505 g/mol. The first-order valence-corrected chi connectivity index (χ1v) is 12.5. The average Bonchev–Trinajstić information content (AvgIpc) is 3.21. The Labute approximate surface area is 204 Å². The summed E-state index contributed by atoms with van der Waals surface area (Å²) in [4.78, 5) is 16.8. The fraction of sp³-hybridized carbons (Fsp3) is 0.208. The Bertz CT molecular complexity index is 1260. The number of carbonyl (C=O) groups is 1. The number of aromatic nitrogens is 3. The Morgan fingerprint density at radius 3 is 2.73 bits per heavy atom. The van der Waals surface area contributed by atoms with Gasteiger partial charge in [-0.1, -0.05) is 31.2 Å². The number of hydrogen-bond donors (Lipinski definition) is 2. The number of anilines is 1. The van der Waals surface area contributed by atoms with Crippen LogP contribution in [0.2, 0.25) is 0 Å². The summed E-state index contributed by atoms with van der Waals surface area (Å²) in [6.07, 6.45) is 1.66. The lowest BCUT2D eigenvalue weighted by Gasteiger charge is -2.12. The van der Waals surface area contributed by atoms with Crippen LogP contribution < -0.4 is 10.6 Å². The maximum absolute atomic E-state index is 14.4. The number of thioether (sulfide) groups is 1. The van der Waals surface area contributed by atoms with E-state index in [1.165, 1.54) is 6.07 Å². The van der Waals surface area contributed by atoms with Gasteiger partial charge in [-0.3, -0.25) is 4.79 Å². The number of nitrogens with one attached hydrogen (secondary N) is 2. The van der Waals surface area contributed by atoms with Crippen molar-refractivity contribution in [2.45, 2.75) is 13.5 Å². The molecule has 0 atom stereocenters. The fourth-order valence-electron chi connectivity index (χ4n) is 3.32. The number of nitrogens with zero attached hydrogens (tertiary/aromatic N) is 3.